The molecular weight excluding hydrogens is 347 g/mol. The van der Waals surface area contributed by atoms with Crippen molar-refractivity contribution in [2.45, 2.75) is 20.3 Å². The minimum absolute atomic E-state index is 0.111. The Hall–Kier alpha value is -3.22. The van der Waals surface area contributed by atoms with Crippen LogP contribution in [0.5, 0.6) is 5.75 Å². The molecule has 27 heavy (non-hydrogen) atoms. The molecule has 2 heterocycles. The van der Waals surface area contributed by atoms with E-state index in [1.165, 1.54) is 25.3 Å². The number of ether oxygens (including phenoxy) is 1. The summed E-state index contributed by atoms with van der Waals surface area (Å²) in [6.45, 7) is 4.33. The van der Waals surface area contributed by atoms with Crippen molar-refractivity contribution in [3.8, 4) is 11.6 Å². The molecular formula is C20H21FN4O2. The van der Waals surface area contributed by atoms with E-state index in [4.69, 9.17) is 4.74 Å². The molecule has 0 atom stereocenters. The lowest BCUT2D eigenvalue weighted by molar-refractivity contribution is 0.0953. The number of carbonyl (C=O) groups is 1. The lowest BCUT2D eigenvalue weighted by Gasteiger charge is -2.08. The average molecular weight is 368 g/mol. The van der Waals surface area contributed by atoms with E-state index in [1.807, 2.05) is 32.0 Å². The lowest BCUT2D eigenvalue weighted by atomic mass is 10.1. The highest BCUT2D eigenvalue weighted by Gasteiger charge is 2.14. The number of carbonyl (C=O) groups excluding carboxylic acids is 1. The highest BCUT2D eigenvalue weighted by molar-refractivity contribution is 5.94. The Morgan fingerprint density at radius 3 is 2.74 bits per heavy atom. The van der Waals surface area contributed by atoms with Crippen molar-refractivity contribution in [3.63, 3.8) is 0 Å². The quantitative estimate of drug-likeness (QED) is 0.726. The number of rotatable bonds is 6. The summed E-state index contributed by atoms with van der Waals surface area (Å²) < 4.78 is 20.4. The molecule has 0 unspecified atom stereocenters. The van der Waals surface area contributed by atoms with Crippen LogP contribution in [0.3, 0.4) is 0 Å². The Bertz CT molecular complexity index is 954. The van der Waals surface area contributed by atoms with Crippen LogP contribution < -0.4 is 10.1 Å². The smallest absolute Gasteiger partial charge is 0.251 e. The minimum atomic E-state index is -0.562. The first-order valence-corrected chi connectivity index (χ1v) is 8.59. The van der Waals surface area contributed by atoms with Gasteiger partial charge in [-0.05, 0) is 56.2 Å². The molecule has 0 saturated heterocycles. The fourth-order valence-corrected chi connectivity index (χ4v) is 2.95. The van der Waals surface area contributed by atoms with Crippen molar-refractivity contribution < 1.29 is 13.9 Å². The summed E-state index contributed by atoms with van der Waals surface area (Å²) >= 11 is 0. The van der Waals surface area contributed by atoms with Crippen LogP contribution in [0.4, 0.5) is 4.39 Å². The molecule has 3 aromatic rings. The molecule has 1 amide bonds. The van der Waals surface area contributed by atoms with Crippen LogP contribution in [0.2, 0.25) is 0 Å². The molecule has 7 heteroatoms. The fraction of sp³-hybridized carbons (Fsp3) is 0.250. The van der Waals surface area contributed by atoms with Gasteiger partial charge in [0.05, 0.1) is 12.8 Å². The molecule has 0 radical (unpaired) electrons. The van der Waals surface area contributed by atoms with Gasteiger partial charge in [0.15, 0.2) is 17.4 Å². The second-order valence-electron chi connectivity index (χ2n) is 6.10. The molecule has 0 aliphatic heterocycles. The number of hydrogen-bond acceptors (Lipinski definition) is 4. The van der Waals surface area contributed by atoms with E-state index in [0.29, 0.717) is 13.0 Å². The van der Waals surface area contributed by atoms with Gasteiger partial charge in [-0.2, -0.15) is 5.10 Å². The van der Waals surface area contributed by atoms with Gasteiger partial charge in [0.1, 0.15) is 0 Å². The number of nitrogens with zero attached hydrogens (tertiary/aromatic N) is 3. The number of aryl methyl sites for hydroxylation is 1. The van der Waals surface area contributed by atoms with E-state index < -0.39 is 5.82 Å². The Morgan fingerprint density at radius 1 is 1.26 bits per heavy atom. The molecule has 3 rings (SSSR count). The van der Waals surface area contributed by atoms with Crippen molar-refractivity contribution in [1.82, 2.24) is 20.1 Å². The molecule has 0 fully saturated rings. The molecule has 1 aromatic carbocycles. The van der Waals surface area contributed by atoms with E-state index in [-0.39, 0.29) is 17.2 Å². The number of aromatic nitrogens is 3. The molecule has 0 saturated carbocycles. The molecule has 1 N–H and O–H groups in total. The average Bonchev–Trinajstić information content (AvgIpc) is 2.96. The molecule has 140 valence electrons. The van der Waals surface area contributed by atoms with Crippen molar-refractivity contribution in [3.05, 3.63) is 70.9 Å². The zero-order chi connectivity index (χ0) is 19.4. The normalized spacial score (nSPS) is 10.7. The summed E-state index contributed by atoms with van der Waals surface area (Å²) in [4.78, 5) is 16.6. The lowest BCUT2D eigenvalue weighted by Crippen LogP contribution is -2.26. The third-order valence-corrected chi connectivity index (χ3v) is 4.38. The summed E-state index contributed by atoms with van der Waals surface area (Å²) in [6, 6.07) is 9.80. The number of hydrogen-bond donors (Lipinski definition) is 1. The second-order valence-corrected chi connectivity index (χ2v) is 6.10. The topological polar surface area (TPSA) is 69.0 Å². The number of nitrogens with one attached hydrogen (secondary N) is 1. The van der Waals surface area contributed by atoms with Crippen LogP contribution in [-0.2, 0) is 6.42 Å². The van der Waals surface area contributed by atoms with Crippen molar-refractivity contribution in [1.29, 1.82) is 0 Å². The van der Waals surface area contributed by atoms with E-state index in [0.717, 1.165) is 22.8 Å². The predicted octanol–water partition coefficient (Wildman–Crippen LogP) is 3.00. The zero-order valence-electron chi connectivity index (χ0n) is 15.5. The zero-order valence-corrected chi connectivity index (χ0v) is 15.5. The third-order valence-electron chi connectivity index (χ3n) is 4.38. The minimum Gasteiger partial charge on any atom is -0.494 e. The summed E-state index contributed by atoms with van der Waals surface area (Å²) in [5.41, 5.74) is 3.19. The van der Waals surface area contributed by atoms with Gasteiger partial charge in [-0.15, -0.1) is 0 Å². The predicted molar refractivity (Wildman–Crippen MR) is 99.8 cm³/mol. The SMILES string of the molecule is COc1ccc(C(=O)NCCc2c(C)nn(-c3ccccn3)c2C)cc1F. The summed E-state index contributed by atoms with van der Waals surface area (Å²) in [5, 5.41) is 7.36. The second kappa shape index (κ2) is 7.99. The van der Waals surface area contributed by atoms with Gasteiger partial charge in [-0.25, -0.2) is 14.1 Å². The summed E-state index contributed by atoms with van der Waals surface area (Å²) in [5.74, 6) is -0.0284. The molecule has 0 spiro atoms. The van der Waals surface area contributed by atoms with Gasteiger partial charge in [-0.3, -0.25) is 4.79 Å². The van der Waals surface area contributed by atoms with Crippen molar-refractivity contribution >= 4 is 5.91 Å². The number of halogens is 1. The van der Waals surface area contributed by atoms with Crippen LogP contribution in [0.1, 0.15) is 27.3 Å². The maximum atomic E-state index is 13.7. The largest absolute Gasteiger partial charge is 0.494 e. The third kappa shape index (κ3) is 3.97. The van der Waals surface area contributed by atoms with Gasteiger partial charge in [-0.1, -0.05) is 6.07 Å². The fourth-order valence-electron chi connectivity index (χ4n) is 2.95. The molecule has 2 aromatic heterocycles. The summed E-state index contributed by atoms with van der Waals surface area (Å²) in [7, 11) is 1.38. The standard InChI is InChI=1S/C20H21FN4O2/c1-13-16(14(2)25(24-13)19-6-4-5-10-22-19)9-11-23-20(26)15-7-8-18(27-3)17(21)12-15/h4-8,10,12H,9,11H2,1-3H3,(H,23,26). The molecule has 6 nitrogen and oxygen atoms in total. The van der Waals surface area contributed by atoms with E-state index >= 15 is 0 Å². The van der Waals surface area contributed by atoms with E-state index in [9.17, 15) is 9.18 Å². The number of methoxy groups -OCH3 is 1. The van der Waals surface area contributed by atoms with E-state index in [1.54, 1.807) is 10.9 Å². The van der Waals surface area contributed by atoms with Gasteiger partial charge in [0.25, 0.3) is 5.91 Å². The Kier molecular flexibility index (Phi) is 5.49. The van der Waals surface area contributed by atoms with Crippen LogP contribution in [0.25, 0.3) is 5.82 Å². The monoisotopic (exact) mass is 368 g/mol. The Morgan fingerprint density at radius 2 is 2.07 bits per heavy atom. The van der Waals surface area contributed by atoms with Crippen molar-refractivity contribution in [2.75, 3.05) is 13.7 Å². The van der Waals surface area contributed by atoms with Gasteiger partial charge in [0, 0.05) is 24.0 Å². The number of benzene rings is 1. The van der Waals surface area contributed by atoms with Crippen LogP contribution >= 0.6 is 0 Å². The first-order chi connectivity index (χ1) is 13.0. The highest BCUT2D eigenvalue weighted by Crippen LogP contribution is 2.18. The van der Waals surface area contributed by atoms with Crippen LogP contribution in [0.15, 0.2) is 42.6 Å². The molecule has 0 aliphatic rings. The van der Waals surface area contributed by atoms with E-state index in [2.05, 4.69) is 15.4 Å². The Labute approximate surface area is 157 Å². The summed E-state index contributed by atoms with van der Waals surface area (Å²) in [6.07, 6.45) is 2.34. The first-order valence-electron chi connectivity index (χ1n) is 8.59. The Balaban J connectivity index is 1.66. The van der Waals surface area contributed by atoms with Crippen molar-refractivity contribution in [2.24, 2.45) is 0 Å². The highest BCUT2D eigenvalue weighted by atomic mass is 19.1. The number of amides is 1. The van der Waals surface area contributed by atoms with Gasteiger partial charge < -0.3 is 10.1 Å². The van der Waals surface area contributed by atoms with Crippen LogP contribution in [-0.4, -0.2) is 34.3 Å². The van der Waals surface area contributed by atoms with Gasteiger partial charge in [0.2, 0.25) is 0 Å². The number of pyridine rings is 1. The molecule has 0 aliphatic carbocycles. The first kappa shape index (κ1) is 18.6. The van der Waals surface area contributed by atoms with Crippen LogP contribution in [0, 0.1) is 19.7 Å². The maximum Gasteiger partial charge on any atom is 0.251 e. The van der Waals surface area contributed by atoms with Gasteiger partial charge >= 0.3 is 0 Å². The maximum absolute atomic E-state index is 13.7. The molecule has 0 bridgehead atoms.